The Morgan fingerprint density at radius 2 is 2.00 bits per heavy atom. The molecule has 0 fully saturated rings. The molecule has 17 heavy (non-hydrogen) atoms. The quantitative estimate of drug-likeness (QED) is 0.764. The van der Waals surface area contributed by atoms with Crippen molar-refractivity contribution in [1.29, 1.82) is 0 Å². The van der Waals surface area contributed by atoms with Crippen molar-refractivity contribution >= 4 is 9.84 Å². The summed E-state index contributed by atoms with van der Waals surface area (Å²) in [6.45, 7) is -0.149. The van der Waals surface area contributed by atoms with Crippen LogP contribution in [0.25, 0.3) is 5.53 Å². The van der Waals surface area contributed by atoms with E-state index in [9.17, 15) is 13.5 Å². The van der Waals surface area contributed by atoms with Crippen LogP contribution in [0, 0.1) is 0 Å². The molecule has 0 aliphatic rings. The predicted molar refractivity (Wildman–Crippen MR) is 61.7 cm³/mol. The normalized spacial score (nSPS) is 13.1. The average molecular weight is 257 g/mol. The molecule has 0 spiro atoms. The van der Waals surface area contributed by atoms with Gasteiger partial charge in [-0.05, 0) is 24.3 Å². The summed E-state index contributed by atoms with van der Waals surface area (Å²) in [7, 11) is -3.21. The molecule has 0 saturated carbocycles. The molecule has 0 aliphatic carbocycles. The van der Waals surface area contributed by atoms with E-state index in [1.807, 2.05) is 0 Å². The molecule has 0 aliphatic heterocycles. The summed E-state index contributed by atoms with van der Waals surface area (Å²) in [5.74, 6) is 0.439. The van der Waals surface area contributed by atoms with E-state index in [0.717, 1.165) is 6.26 Å². The number of sulfone groups is 1. The molecule has 1 rings (SSSR count). The molecule has 1 aromatic carbocycles. The first-order chi connectivity index (χ1) is 7.93. The smallest absolute Gasteiger partial charge is 0.175 e. The summed E-state index contributed by atoms with van der Waals surface area (Å²) in [4.78, 5) is 0.204. The zero-order valence-electron chi connectivity index (χ0n) is 9.28. The Morgan fingerprint density at radius 1 is 1.41 bits per heavy atom. The Morgan fingerprint density at radius 3 is 2.47 bits per heavy atom. The van der Waals surface area contributed by atoms with E-state index < -0.39 is 15.9 Å². The maximum Gasteiger partial charge on any atom is 0.175 e. The number of aliphatic hydroxyl groups excluding tert-OH is 1. The third-order valence-electron chi connectivity index (χ3n) is 1.99. The highest BCUT2D eigenvalue weighted by atomic mass is 32.2. The van der Waals surface area contributed by atoms with Gasteiger partial charge >= 0.3 is 0 Å². The first-order valence-electron chi connectivity index (χ1n) is 4.85. The van der Waals surface area contributed by atoms with Gasteiger partial charge in [0, 0.05) is 12.8 Å². The molecule has 1 aromatic rings. The molecule has 0 amide bonds. The topological polar surface area (TPSA) is 98.3 Å². The fourth-order valence-corrected chi connectivity index (χ4v) is 1.75. The Hall–Kier alpha value is -1.47. The minimum Gasteiger partial charge on any atom is -0.712 e. The van der Waals surface area contributed by atoms with Gasteiger partial charge < -0.3 is 20.5 Å². The van der Waals surface area contributed by atoms with Gasteiger partial charge in [-0.2, -0.15) is 0 Å². The van der Waals surface area contributed by atoms with Crippen LogP contribution in [0.4, 0.5) is 0 Å². The molecule has 0 aromatic heterocycles. The van der Waals surface area contributed by atoms with E-state index in [0.29, 0.717) is 5.75 Å². The highest BCUT2D eigenvalue weighted by Gasteiger charge is 2.07. The maximum atomic E-state index is 11.2. The number of nitrogens with zero attached hydrogens (tertiary/aromatic N) is 2. The Bertz CT molecular complexity index is 470. The first kappa shape index (κ1) is 13.6. The monoisotopic (exact) mass is 257 g/mol. The lowest BCUT2D eigenvalue weighted by atomic mass is 10.3. The summed E-state index contributed by atoms with van der Waals surface area (Å²) in [5, 5.41) is 12.0. The summed E-state index contributed by atoms with van der Waals surface area (Å²) in [6.07, 6.45) is 0.227. The number of benzene rings is 1. The van der Waals surface area contributed by atoms with E-state index >= 15 is 0 Å². The Kier molecular flexibility index (Phi) is 4.59. The lowest BCUT2D eigenvalue weighted by Gasteiger charge is -2.11. The van der Waals surface area contributed by atoms with Crippen molar-refractivity contribution < 1.29 is 18.3 Å². The standard InChI is InChI=1S/C10H13N2O4S/c1-17(14,15)10-4-2-9(3-5-10)16-7-8(13)6-12-11/h2-5,8,13H,6-7H2,1H3/q-1/t8-/m1/s1. The zero-order chi connectivity index (χ0) is 12.9. The number of aliphatic hydroxyl groups is 1. The number of ether oxygens (including phenoxy) is 1. The molecule has 1 atom stereocenters. The predicted octanol–water partition coefficient (Wildman–Crippen LogP) is 0.851. The van der Waals surface area contributed by atoms with Gasteiger partial charge in [-0.1, -0.05) is 0 Å². The lowest BCUT2D eigenvalue weighted by molar-refractivity contribution is 0.114. The van der Waals surface area contributed by atoms with Crippen LogP contribution in [0.5, 0.6) is 5.75 Å². The van der Waals surface area contributed by atoms with Crippen LogP contribution in [-0.4, -0.2) is 39.0 Å². The second-order valence-electron chi connectivity index (χ2n) is 3.53. The highest BCUT2D eigenvalue weighted by molar-refractivity contribution is 7.90. The van der Waals surface area contributed by atoms with Gasteiger partial charge in [0.2, 0.25) is 0 Å². The molecule has 0 unspecified atom stereocenters. The van der Waals surface area contributed by atoms with E-state index in [1.54, 1.807) is 0 Å². The minimum atomic E-state index is -3.21. The van der Waals surface area contributed by atoms with Crippen LogP contribution in [0.2, 0.25) is 0 Å². The van der Waals surface area contributed by atoms with Gasteiger partial charge in [0.1, 0.15) is 18.5 Å². The van der Waals surface area contributed by atoms with Crippen molar-refractivity contribution in [3.05, 3.63) is 29.8 Å². The zero-order valence-corrected chi connectivity index (χ0v) is 10.1. The fraction of sp³-hybridized carbons (Fsp3) is 0.400. The Labute approximate surface area is 99.7 Å². The lowest BCUT2D eigenvalue weighted by Crippen LogP contribution is -2.20. The van der Waals surface area contributed by atoms with Crippen LogP contribution in [0.1, 0.15) is 0 Å². The number of hydrogen-bond acceptors (Lipinski definition) is 5. The number of rotatable bonds is 6. The van der Waals surface area contributed by atoms with Crippen molar-refractivity contribution in [2.24, 2.45) is 5.11 Å². The van der Waals surface area contributed by atoms with Gasteiger partial charge in [-0.3, -0.25) is 0 Å². The summed E-state index contributed by atoms with van der Waals surface area (Å²) >= 11 is 0. The van der Waals surface area contributed by atoms with Crippen molar-refractivity contribution in [3.63, 3.8) is 0 Å². The third-order valence-corrected chi connectivity index (χ3v) is 3.12. The fourth-order valence-electron chi connectivity index (χ4n) is 1.12. The third kappa shape index (κ3) is 4.49. The molecule has 94 valence electrons. The van der Waals surface area contributed by atoms with Crippen LogP contribution in [0.15, 0.2) is 34.3 Å². The van der Waals surface area contributed by atoms with Crippen molar-refractivity contribution in [2.45, 2.75) is 11.0 Å². The first-order valence-corrected chi connectivity index (χ1v) is 6.74. The molecular weight excluding hydrogens is 244 g/mol. The summed E-state index contributed by atoms with van der Waals surface area (Å²) in [5.41, 5.74) is 8.20. The summed E-state index contributed by atoms with van der Waals surface area (Å²) in [6, 6.07) is 5.85. The van der Waals surface area contributed by atoms with Gasteiger partial charge in [-0.15, -0.1) is 0 Å². The van der Waals surface area contributed by atoms with Crippen molar-refractivity contribution in [3.8, 4) is 5.75 Å². The molecule has 1 N–H and O–H groups in total. The SMILES string of the molecule is CS(=O)(=O)c1ccc(OC[C@H](O)CN=[N-])cc1. The minimum absolute atomic E-state index is 0.0255. The van der Waals surface area contributed by atoms with Crippen LogP contribution in [-0.2, 0) is 9.84 Å². The van der Waals surface area contributed by atoms with Gasteiger partial charge in [0.05, 0.1) is 4.90 Å². The highest BCUT2D eigenvalue weighted by Crippen LogP contribution is 2.15. The van der Waals surface area contributed by atoms with Crippen LogP contribution >= 0.6 is 0 Å². The van der Waals surface area contributed by atoms with E-state index in [4.69, 9.17) is 10.3 Å². The molecule has 0 saturated heterocycles. The number of hydrogen-bond donors (Lipinski definition) is 1. The summed E-state index contributed by atoms with van der Waals surface area (Å²) < 4.78 is 27.5. The van der Waals surface area contributed by atoms with Crippen LogP contribution in [0.3, 0.4) is 0 Å². The second kappa shape index (κ2) is 5.74. The Balaban J connectivity index is 2.60. The molecule has 6 nitrogen and oxygen atoms in total. The molecule has 0 heterocycles. The van der Waals surface area contributed by atoms with Gasteiger partial charge in [0.15, 0.2) is 9.84 Å². The largest absolute Gasteiger partial charge is 0.712 e. The van der Waals surface area contributed by atoms with Gasteiger partial charge in [0.25, 0.3) is 0 Å². The average Bonchev–Trinajstić information content (AvgIpc) is 2.26. The van der Waals surface area contributed by atoms with E-state index in [2.05, 4.69) is 5.11 Å². The van der Waals surface area contributed by atoms with E-state index in [-0.39, 0.29) is 18.0 Å². The molecule has 0 bridgehead atoms. The molecule has 0 radical (unpaired) electrons. The maximum absolute atomic E-state index is 11.2. The molecular formula is C10H13N2O4S-. The molecule has 7 heteroatoms. The van der Waals surface area contributed by atoms with Crippen molar-refractivity contribution in [2.75, 3.05) is 19.4 Å². The second-order valence-corrected chi connectivity index (χ2v) is 5.55. The van der Waals surface area contributed by atoms with Crippen molar-refractivity contribution in [1.82, 2.24) is 0 Å². The van der Waals surface area contributed by atoms with Gasteiger partial charge in [-0.25, -0.2) is 8.42 Å². The van der Waals surface area contributed by atoms with Crippen LogP contribution < -0.4 is 4.74 Å². The van der Waals surface area contributed by atoms with E-state index in [1.165, 1.54) is 24.3 Å².